The minimum Gasteiger partial charge on any atom is -0.350 e. The SMILES string of the molecule is CC(C)CN1C(=O)c2ccccc2C[C@@]1(C)C(=O)NCc1ccc(Cl)cc1. The zero-order valence-electron chi connectivity index (χ0n) is 16.0. The first-order valence-corrected chi connectivity index (χ1v) is 9.61. The first-order chi connectivity index (χ1) is 12.8. The molecular weight excluding hydrogens is 360 g/mol. The van der Waals surface area contributed by atoms with Crippen molar-refractivity contribution >= 4 is 23.4 Å². The minimum absolute atomic E-state index is 0.0744. The van der Waals surface area contributed by atoms with E-state index in [1.807, 2.05) is 43.3 Å². The summed E-state index contributed by atoms with van der Waals surface area (Å²) in [5, 5.41) is 3.67. The summed E-state index contributed by atoms with van der Waals surface area (Å²) >= 11 is 5.92. The van der Waals surface area contributed by atoms with Crippen molar-refractivity contribution in [2.24, 2.45) is 5.92 Å². The first-order valence-electron chi connectivity index (χ1n) is 9.24. The van der Waals surface area contributed by atoms with Crippen molar-refractivity contribution in [1.29, 1.82) is 0 Å². The van der Waals surface area contributed by atoms with Gasteiger partial charge in [0.2, 0.25) is 5.91 Å². The summed E-state index contributed by atoms with van der Waals surface area (Å²) in [5.74, 6) is 0.0539. The van der Waals surface area contributed by atoms with Crippen molar-refractivity contribution in [2.75, 3.05) is 6.54 Å². The molecule has 2 amide bonds. The van der Waals surface area contributed by atoms with Gasteiger partial charge in [-0.15, -0.1) is 0 Å². The van der Waals surface area contributed by atoms with Gasteiger partial charge in [0.05, 0.1) is 0 Å². The molecular formula is C22H25ClN2O2. The molecule has 0 aliphatic carbocycles. The molecule has 0 saturated heterocycles. The van der Waals surface area contributed by atoms with Gasteiger partial charge >= 0.3 is 0 Å². The topological polar surface area (TPSA) is 49.4 Å². The van der Waals surface area contributed by atoms with Crippen molar-refractivity contribution in [3.63, 3.8) is 0 Å². The Balaban J connectivity index is 1.86. The highest BCUT2D eigenvalue weighted by molar-refractivity contribution is 6.30. The third kappa shape index (κ3) is 4.01. The van der Waals surface area contributed by atoms with Crippen LogP contribution >= 0.6 is 11.6 Å². The maximum absolute atomic E-state index is 13.2. The van der Waals surface area contributed by atoms with Gasteiger partial charge in [-0.25, -0.2) is 0 Å². The zero-order chi connectivity index (χ0) is 19.6. The molecule has 1 N–H and O–H groups in total. The fraction of sp³-hybridized carbons (Fsp3) is 0.364. The zero-order valence-corrected chi connectivity index (χ0v) is 16.7. The number of benzene rings is 2. The van der Waals surface area contributed by atoms with Gasteiger partial charge in [-0.3, -0.25) is 9.59 Å². The smallest absolute Gasteiger partial charge is 0.255 e. The third-order valence-electron chi connectivity index (χ3n) is 5.03. The van der Waals surface area contributed by atoms with Crippen LogP contribution in [0.25, 0.3) is 0 Å². The molecule has 1 aliphatic heterocycles. The number of rotatable bonds is 5. The molecule has 0 spiro atoms. The van der Waals surface area contributed by atoms with Crippen LogP contribution in [-0.2, 0) is 17.8 Å². The molecule has 0 saturated carbocycles. The lowest BCUT2D eigenvalue weighted by Gasteiger charge is -2.44. The summed E-state index contributed by atoms with van der Waals surface area (Å²) in [6.45, 7) is 6.91. The van der Waals surface area contributed by atoms with E-state index < -0.39 is 5.54 Å². The monoisotopic (exact) mass is 384 g/mol. The second-order valence-corrected chi connectivity index (χ2v) is 8.16. The standard InChI is InChI=1S/C22H25ClN2O2/c1-15(2)14-25-20(26)19-7-5-4-6-17(19)12-22(25,3)21(27)24-13-16-8-10-18(23)11-9-16/h4-11,15H,12-14H2,1-3H3,(H,24,27)/t22-/m0/s1. The van der Waals surface area contributed by atoms with Crippen LogP contribution in [0, 0.1) is 5.92 Å². The Labute approximate surface area is 165 Å². The maximum Gasteiger partial charge on any atom is 0.255 e. The molecule has 0 bridgehead atoms. The molecule has 2 aromatic carbocycles. The Morgan fingerprint density at radius 1 is 1.19 bits per heavy atom. The van der Waals surface area contributed by atoms with E-state index in [4.69, 9.17) is 11.6 Å². The normalized spacial score (nSPS) is 19.1. The molecule has 4 nitrogen and oxygen atoms in total. The average Bonchev–Trinajstić information content (AvgIpc) is 2.64. The van der Waals surface area contributed by atoms with E-state index in [0.29, 0.717) is 30.1 Å². The minimum atomic E-state index is -0.915. The molecule has 2 aromatic rings. The number of fused-ring (bicyclic) bond motifs is 1. The Bertz CT molecular complexity index is 848. The van der Waals surface area contributed by atoms with Crippen LogP contribution in [0.2, 0.25) is 5.02 Å². The first kappa shape index (κ1) is 19.4. The summed E-state index contributed by atoms with van der Waals surface area (Å²) in [6.07, 6.45) is 0.508. The van der Waals surface area contributed by atoms with E-state index in [9.17, 15) is 9.59 Å². The van der Waals surface area contributed by atoms with E-state index in [2.05, 4.69) is 19.2 Å². The maximum atomic E-state index is 13.2. The quantitative estimate of drug-likeness (QED) is 0.844. The number of hydrogen-bond acceptors (Lipinski definition) is 2. The molecule has 0 unspecified atom stereocenters. The second kappa shape index (κ2) is 7.73. The summed E-state index contributed by atoms with van der Waals surface area (Å²) in [5.41, 5.74) is 1.67. The van der Waals surface area contributed by atoms with Gasteiger partial charge in [-0.1, -0.05) is 55.8 Å². The van der Waals surface area contributed by atoms with Gasteiger partial charge in [0, 0.05) is 30.1 Å². The Morgan fingerprint density at radius 3 is 2.52 bits per heavy atom. The molecule has 1 aliphatic rings. The Hall–Kier alpha value is -2.33. The third-order valence-corrected chi connectivity index (χ3v) is 5.28. The van der Waals surface area contributed by atoms with Crippen LogP contribution in [0.3, 0.4) is 0 Å². The molecule has 0 aromatic heterocycles. The lowest BCUT2D eigenvalue weighted by atomic mass is 9.82. The predicted octanol–water partition coefficient (Wildman–Crippen LogP) is 4.07. The summed E-state index contributed by atoms with van der Waals surface area (Å²) < 4.78 is 0. The lowest BCUT2D eigenvalue weighted by molar-refractivity contribution is -0.132. The van der Waals surface area contributed by atoms with Crippen molar-refractivity contribution in [3.8, 4) is 0 Å². The molecule has 142 valence electrons. The molecule has 5 heteroatoms. The molecule has 3 rings (SSSR count). The highest BCUT2D eigenvalue weighted by Gasteiger charge is 2.46. The summed E-state index contributed by atoms with van der Waals surface area (Å²) in [7, 11) is 0. The molecule has 1 atom stereocenters. The number of nitrogens with one attached hydrogen (secondary N) is 1. The highest BCUT2D eigenvalue weighted by Crippen LogP contribution is 2.32. The van der Waals surface area contributed by atoms with E-state index >= 15 is 0 Å². The van der Waals surface area contributed by atoms with E-state index in [-0.39, 0.29) is 17.7 Å². The number of halogens is 1. The van der Waals surface area contributed by atoms with Crippen LogP contribution in [0.5, 0.6) is 0 Å². The van der Waals surface area contributed by atoms with E-state index in [1.54, 1.807) is 17.0 Å². The van der Waals surface area contributed by atoms with Crippen molar-refractivity contribution in [2.45, 2.75) is 39.3 Å². The van der Waals surface area contributed by atoms with Gasteiger partial charge in [-0.05, 0) is 42.2 Å². The summed E-state index contributed by atoms with van der Waals surface area (Å²) in [6, 6.07) is 14.9. The van der Waals surface area contributed by atoms with Crippen LogP contribution in [-0.4, -0.2) is 28.8 Å². The average molecular weight is 385 g/mol. The van der Waals surface area contributed by atoms with E-state index in [0.717, 1.165) is 11.1 Å². The van der Waals surface area contributed by atoms with E-state index in [1.165, 1.54) is 0 Å². The van der Waals surface area contributed by atoms with Crippen LogP contribution in [0.15, 0.2) is 48.5 Å². The number of carbonyl (C=O) groups is 2. The lowest BCUT2D eigenvalue weighted by Crippen LogP contribution is -2.63. The Morgan fingerprint density at radius 2 is 1.85 bits per heavy atom. The van der Waals surface area contributed by atoms with Crippen LogP contribution < -0.4 is 5.32 Å². The van der Waals surface area contributed by atoms with Crippen LogP contribution in [0.4, 0.5) is 0 Å². The molecule has 0 fully saturated rings. The second-order valence-electron chi connectivity index (χ2n) is 7.73. The largest absolute Gasteiger partial charge is 0.350 e. The molecule has 0 radical (unpaired) electrons. The van der Waals surface area contributed by atoms with Gasteiger partial charge in [0.15, 0.2) is 0 Å². The molecule has 27 heavy (non-hydrogen) atoms. The number of nitrogens with zero attached hydrogens (tertiary/aromatic N) is 1. The molecule has 1 heterocycles. The van der Waals surface area contributed by atoms with Gasteiger partial charge < -0.3 is 10.2 Å². The van der Waals surface area contributed by atoms with Crippen molar-refractivity contribution < 1.29 is 9.59 Å². The Kier molecular flexibility index (Phi) is 5.56. The number of amides is 2. The van der Waals surface area contributed by atoms with Crippen molar-refractivity contribution in [3.05, 3.63) is 70.2 Å². The fourth-order valence-electron chi connectivity index (χ4n) is 3.55. The number of hydrogen-bond donors (Lipinski definition) is 1. The highest BCUT2D eigenvalue weighted by atomic mass is 35.5. The fourth-order valence-corrected chi connectivity index (χ4v) is 3.67. The van der Waals surface area contributed by atoms with Gasteiger partial charge in [-0.2, -0.15) is 0 Å². The number of carbonyl (C=O) groups excluding carboxylic acids is 2. The summed E-state index contributed by atoms with van der Waals surface area (Å²) in [4.78, 5) is 28.0. The van der Waals surface area contributed by atoms with Gasteiger partial charge in [0.25, 0.3) is 5.91 Å². The van der Waals surface area contributed by atoms with Crippen molar-refractivity contribution in [1.82, 2.24) is 10.2 Å². The van der Waals surface area contributed by atoms with Gasteiger partial charge in [0.1, 0.15) is 5.54 Å². The predicted molar refractivity (Wildman–Crippen MR) is 108 cm³/mol. The van der Waals surface area contributed by atoms with Crippen LogP contribution in [0.1, 0.15) is 42.3 Å².